The van der Waals surface area contributed by atoms with Crippen LogP contribution in [0.15, 0.2) is 70.3 Å². The molecule has 2 aromatic heterocycles. The Bertz CT molecular complexity index is 1120. The van der Waals surface area contributed by atoms with E-state index in [4.69, 9.17) is 4.42 Å². The van der Waals surface area contributed by atoms with E-state index in [2.05, 4.69) is 5.32 Å². The highest BCUT2D eigenvalue weighted by Crippen LogP contribution is 2.14. The monoisotopic (exact) mass is 435 g/mol. The molecular formula is C25H29N3O4. The smallest absolute Gasteiger partial charge is 0.259 e. The molecule has 1 N–H and O–H groups in total. The van der Waals surface area contributed by atoms with Gasteiger partial charge in [-0.25, -0.2) is 0 Å². The molecule has 7 heteroatoms. The van der Waals surface area contributed by atoms with Gasteiger partial charge in [-0.3, -0.25) is 14.4 Å². The molecule has 7 nitrogen and oxygen atoms in total. The van der Waals surface area contributed by atoms with Crippen molar-refractivity contribution in [2.45, 2.75) is 39.3 Å². The molecule has 1 aromatic carbocycles. The summed E-state index contributed by atoms with van der Waals surface area (Å²) in [7, 11) is 1.66. The number of hydrogen-bond acceptors (Lipinski definition) is 4. The first-order valence-corrected chi connectivity index (χ1v) is 10.7. The molecule has 3 aromatic rings. The van der Waals surface area contributed by atoms with Gasteiger partial charge >= 0.3 is 0 Å². The molecule has 2 amide bonds. The molecule has 0 aliphatic rings. The van der Waals surface area contributed by atoms with Crippen LogP contribution in [-0.2, 0) is 6.42 Å². The van der Waals surface area contributed by atoms with Crippen molar-refractivity contribution in [1.82, 2.24) is 14.8 Å². The zero-order valence-corrected chi connectivity index (χ0v) is 18.9. The van der Waals surface area contributed by atoms with Crippen LogP contribution in [0.2, 0.25) is 0 Å². The first kappa shape index (κ1) is 23.1. The molecule has 0 saturated heterocycles. The molecule has 0 saturated carbocycles. The van der Waals surface area contributed by atoms with Crippen molar-refractivity contribution in [1.29, 1.82) is 0 Å². The lowest BCUT2D eigenvalue weighted by Gasteiger charge is -2.20. The summed E-state index contributed by atoms with van der Waals surface area (Å²) in [5, 5.41) is 2.78. The number of nitrogens with zero attached hydrogens (tertiary/aromatic N) is 2. The molecule has 0 aliphatic carbocycles. The predicted molar refractivity (Wildman–Crippen MR) is 123 cm³/mol. The Morgan fingerprint density at radius 2 is 1.72 bits per heavy atom. The van der Waals surface area contributed by atoms with Gasteiger partial charge in [0.05, 0.1) is 12.3 Å². The number of likely N-dealkylation sites (N-methyl/N-ethyl adjacent to an activating group) is 1. The van der Waals surface area contributed by atoms with Crippen molar-refractivity contribution in [3.8, 4) is 0 Å². The van der Waals surface area contributed by atoms with E-state index in [-0.39, 0.29) is 17.2 Å². The summed E-state index contributed by atoms with van der Waals surface area (Å²) in [6.07, 6.45) is 5.22. The van der Waals surface area contributed by atoms with E-state index in [0.717, 1.165) is 5.56 Å². The fourth-order valence-electron chi connectivity index (χ4n) is 3.34. The summed E-state index contributed by atoms with van der Waals surface area (Å²) < 4.78 is 7.04. The first-order valence-electron chi connectivity index (χ1n) is 10.7. The van der Waals surface area contributed by atoms with Crippen molar-refractivity contribution in [2.75, 3.05) is 13.6 Å². The molecular weight excluding hydrogens is 406 g/mol. The fraction of sp³-hybridized carbons (Fsp3) is 0.320. The highest BCUT2D eigenvalue weighted by Gasteiger charge is 2.23. The standard InChI is InChI=1S/C25H29N3O4/c1-17(2)28-15-20(24(30)26-18(3)22-11-8-14-32-22)23(29)21(16-28)25(31)27(4)13-12-19-9-6-5-7-10-19/h5-11,14-18H,12-13H2,1-4H3,(H,26,30)/t18-/m0/s1. The van der Waals surface area contributed by atoms with E-state index in [1.54, 1.807) is 30.7 Å². The number of carbonyl (C=O) groups is 2. The summed E-state index contributed by atoms with van der Waals surface area (Å²) in [5.74, 6) is -0.376. The summed E-state index contributed by atoms with van der Waals surface area (Å²) >= 11 is 0. The predicted octanol–water partition coefficient (Wildman–Crippen LogP) is 3.83. The number of aromatic nitrogens is 1. The molecule has 0 fully saturated rings. The van der Waals surface area contributed by atoms with Crippen LogP contribution in [-0.4, -0.2) is 34.9 Å². The minimum Gasteiger partial charge on any atom is -0.467 e. The SMILES string of the molecule is CC(C)n1cc(C(=O)N[C@@H](C)c2ccco2)c(=O)c(C(=O)N(C)CCc2ccccc2)c1. The van der Waals surface area contributed by atoms with Crippen LogP contribution in [0.1, 0.15) is 64.9 Å². The lowest BCUT2D eigenvalue weighted by molar-refractivity contribution is 0.0794. The Balaban J connectivity index is 1.85. The maximum atomic E-state index is 13.1. The third-order valence-electron chi connectivity index (χ3n) is 5.36. The molecule has 168 valence electrons. The Kier molecular flexibility index (Phi) is 7.30. The Hall–Kier alpha value is -3.61. The molecule has 1 atom stereocenters. The summed E-state index contributed by atoms with van der Waals surface area (Å²) in [6, 6.07) is 12.9. The van der Waals surface area contributed by atoms with Crippen molar-refractivity contribution >= 4 is 11.8 Å². The number of pyridine rings is 1. The average molecular weight is 436 g/mol. The van der Waals surface area contributed by atoms with Crippen LogP contribution in [0.3, 0.4) is 0 Å². The van der Waals surface area contributed by atoms with Crippen LogP contribution in [0.25, 0.3) is 0 Å². The van der Waals surface area contributed by atoms with Gasteiger partial charge < -0.3 is 19.2 Å². The Morgan fingerprint density at radius 1 is 1.03 bits per heavy atom. The van der Waals surface area contributed by atoms with E-state index in [1.807, 2.05) is 44.2 Å². The summed E-state index contributed by atoms with van der Waals surface area (Å²) in [6.45, 7) is 6.07. The second-order valence-electron chi connectivity index (χ2n) is 8.13. The zero-order valence-electron chi connectivity index (χ0n) is 18.9. The van der Waals surface area contributed by atoms with Gasteiger partial charge in [0.2, 0.25) is 5.43 Å². The third-order valence-corrected chi connectivity index (χ3v) is 5.36. The molecule has 0 unspecified atom stereocenters. The Morgan fingerprint density at radius 3 is 2.34 bits per heavy atom. The van der Waals surface area contributed by atoms with E-state index in [9.17, 15) is 14.4 Å². The minimum atomic E-state index is -0.581. The molecule has 2 heterocycles. The molecule has 32 heavy (non-hydrogen) atoms. The van der Waals surface area contributed by atoms with E-state index < -0.39 is 23.3 Å². The Labute approximate surface area is 187 Å². The molecule has 0 bridgehead atoms. The van der Waals surface area contributed by atoms with Gasteiger partial charge in [0.25, 0.3) is 11.8 Å². The van der Waals surface area contributed by atoms with Gasteiger partial charge in [0, 0.05) is 32.0 Å². The quantitative estimate of drug-likeness (QED) is 0.583. The number of benzene rings is 1. The largest absolute Gasteiger partial charge is 0.467 e. The lowest BCUT2D eigenvalue weighted by atomic mass is 10.1. The zero-order chi connectivity index (χ0) is 23.3. The van der Waals surface area contributed by atoms with Crippen molar-refractivity contribution in [3.05, 3.63) is 93.8 Å². The topological polar surface area (TPSA) is 84.5 Å². The van der Waals surface area contributed by atoms with Gasteiger partial charge in [-0.15, -0.1) is 0 Å². The van der Waals surface area contributed by atoms with Crippen LogP contribution >= 0.6 is 0 Å². The number of amides is 2. The van der Waals surface area contributed by atoms with Crippen LogP contribution in [0, 0.1) is 0 Å². The summed E-state index contributed by atoms with van der Waals surface area (Å²) in [4.78, 5) is 40.7. The van der Waals surface area contributed by atoms with E-state index >= 15 is 0 Å². The number of rotatable bonds is 8. The fourth-order valence-corrected chi connectivity index (χ4v) is 3.34. The second kappa shape index (κ2) is 10.1. The van der Waals surface area contributed by atoms with Crippen LogP contribution < -0.4 is 10.7 Å². The van der Waals surface area contributed by atoms with Gasteiger partial charge in [0.1, 0.15) is 16.9 Å². The highest BCUT2D eigenvalue weighted by atomic mass is 16.3. The third kappa shape index (κ3) is 5.35. The number of furan rings is 1. The number of carbonyl (C=O) groups excluding carboxylic acids is 2. The van der Waals surface area contributed by atoms with Gasteiger partial charge in [0.15, 0.2) is 0 Å². The van der Waals surface area contributed by atoms with Gasteiger partial charge in [-0.05, 0) is 44.9 Å². The van der Waals surface area contributed by atoms with E-state index in [0.29, 0.717) is 18.7 Å². The van der Waals surface area contributed by atoms with Crippen LogP contribution in [0.4, 0.5) is 0 Å². The van der Waals surface area contributed by atoms with Crippen molar-refractivity contribution < 1.29 is 14.0 Å². The van der Waals surface area contributed by atoms with Crippen LogP contribution in [0.5, 0.6) is 0 Å². The lowest BCUT2D eigenvalue weighted by Crippen LogP contribution is -2.37. The van der Waals surface area contributed by atoms with Gasteiger partial charge in [-0.2, -0.15) is 0 Å². The minimum absolute atomic E-state index is 0.0208. The highest BCUT2D eigenvalue weighted by molar-refractivity contribution is 5.99. The van der Waals surface area contributed by atoms with Gasteiger partial charge in [-0.1, -0.05) is 30.3 Å². The summed E-state index contributed by atoms with van der Waals surface area (Å²) in [5.41, 5.74) is 0.432. The normalized spacial score (nSPS) is 11.9. The first-order chi connectivity index (χ1) is 15.3. The molecule has 0 aliphatic heterocycles. The number of nitrogens with one attached hydrogen (secondary N) is 1. The average Bonchev–Trinajstić information content (AvgIpc) is 3.32. The molecule has 3 rings (SSSR count). The van der Waals surface area contributed by atoms with Crippen molar-refractivity contribution in [2.24, 2.45) is 0 Å². The van der Waals surface area contributed by atoms with E-state index in [1.165, 1.54) is 23.6 Å². The maximum absolute atomic E-state index is 13.1. The van der Waals surface area contributed by atoms with Crippen molar-refractivity contribution in [3.63, 3.8) is 0 Å². The molecule has 0 spiro atoms. The second-order valence-corrected chi connectivity index (χ2v) is 8.13. The maximum Gasteiger partial charge on any atom is 0.259 e. The molecule has 0 radical (unpaired) electrons. The number of hydrogen-bond donors (Lipinski definition) is 1.